The molecule has 3 saturated carbocycles. The molecular formula is C14H22N2O2. The maximum atomic E-state index is 12.0. The number of amides is 2. The number of rotatable bonds is 3. The number of nitrogens with two attached hydrogens (primary N) is 1. The molecule has 18 heavy (non-hydrogen) atoms. The van der Waals surface area contributed by atoms with Gasteiger partial charge in [-0.1, -0.05) is 20.8 Å². The highest BCUT2D eigenvalue weighted by atomic mass is 16.2. The van der Waals surface area contributed by atoms with Gasteiger partial charge in [0, 0.05) is 5.92 Å². The molecular weight excluding hydrogens is 228 g/mol. The average Bonchev–Trinajstić information content (AvgIpc) is 3.04. The van der Waals surface area contributed by atoms with Crippen LogP contribution in [0.25, 0.3) is 0 Å². The fourth-order valence-corrected chi connectivity index (χ4v) is 4.59. The molecule has 3 N–H and O–H groups in total. The third-order valence-corrected chi connectivity index (χ3v) is 6.03. The number of nitrogens with one attached hydrogen (secondary N) is 1. The van der Waals surface area contributed by atoms with E-state index in [0.717, 1.165) is 11.8 Å². The van der Waals surface area contributed by atoms with Crippen molar-refractivity contribution in [2.75, 3.05) is 6.54 Å². The number of hydrogen-bond donors (Lipinski definition) is 2. The minimum Gasteiger partial charge on any atom is -0.368 e. The summed E-state index contributed by atoms with van der Waals surface area (Å²) in [6.45, 7) is 6.89. The SMILES string of the molecule is CC12C[C@H]3[C@@H](CC1C2C(=O)NCC(N)=O)C3(C)C. The van der Waals surface area contributed by atoms with Crippen molar-refractivity contribution in [3.8, 4) is 0 Å². The second-order valence-electron chi connectivity index (χ2n) is 7.25. The van der Waals surface area contributed by atoms with Crippen molar-refractivity contribution in [3.05, 3.63) is 0 Å². The maximum absolute atomic E-state index is 12.0. The van der Waals surface area contributed by atoms with Crippen molar-refractivity contribution in [1.29, 1.82) is 0 Å². The van der Waals surface area contributed by atoms with Crippen LogP contribution in [0.2, 0.25) is 0 Å². The number of primary amides is 1. The lowest BCUT2D eigenvalue weighted by atomic mass is 9.89. The second kappa shape index (κ2) is 3.28. The molecule has 3 rings (SSSR count). The normalized spacial score (nSPS) is 46.6. The van der Waals surface area contributed by atoms with E-state index in [1.165, 1.54) is 12.8 Å². The highest BCUT2D eigenvalue weighted by Crippen LogP contribution is 2.78. The van der Waals surface area contributed by atoms with E-state index in [4.69, 9.17) is 5.73 Å². The van der Waals surface area contributed by atoms with E-state index in [1.54, 1.807) is 0 Å². The fraction of sp³-hybridized carbons (Fsp3) is 0.857. The smallest absolute Gasteiger partial charge is 0.236 e. The molecule has 0 aromatic heterocycles. The van der Waals surface area contributed by atoms with Crippen LogP contribution in [0.15, 0.2) is 0 Å². The standard InChI is InChI=1S/C14H22N2O2/c1-13(2)7-4-8-11(12(18)16-6-10(15)17)14(8,3)5-9(7)13/h7-9,11H,4-6H2,1-3H3,(H2,15,17)(H,16,18)/t7-,8?,9+,11?,14?/m1/s1. The summed E-state index contributed by atoms with van der Waals surface area (Å²) < 4.78 is 0. The van der Waals surface area contributed by atoms with Crippen LogP contribution in [0.3, 0.4) is 0 Å². The Morgan fingerprint density at radius 1 is 1.22 bits per heavy atom. The molecule has 0 saturated heterocycles. The van der Waals surface area contributed by atoms with Crippen molar-refractivity contribution in [2.24, 2.45) is 40.2 Å². The van der Waals surface area contributed by atoms with Crippen molar-refractivity contribution in [1.82, 2.24) is 5.32 Å². The first-order valence-electron chi connectivity index (χ1n) is 6.84. The first-order valence-corrected chi connectivity index (χ1v) is 6.84. The zero-order chi connectivity index (χ0) is 13.3. The van der Waals surface area contributed by atoms with E-state index < -0.39 is 5.91 Å². The van der Waals surface area contributed by atoms with Gasteiger partial charge in [-0.3, -0.25) is 9.59 Å². The molecule has 0 bridgehead atoms. The van der Waals surface area contributed by atoms with Crippen LogP contribution in [0.1, 0.15) is 33.6 Å². The summed E-state index contributed by atoms with van der Waals surface area (Å²) in [6.07, 6.45) is 2.35. The van der Waals surface area contributed by atoms with E-state index in [-0.39, 0.29) is 23.8 Å². The maximum Gasteiger partial charge on any atom is 0.236 e. The fourth-order valence-electron chi connectivity index (χ4n) is 4.59. The lowest BCUT2D eigenvalue weighted by Gasteiger charge is -2.15. The number of hydrogen-bond acceptors (Lipinski definition) is 2. The Labute approximate surface area is 108 Å². The zero-order valence-corrected chi connectivity index (χ0v) is 11.3. The minimum atomic E-state index is -0.471. The van der Waals surface area contributed by atoms with Gasteiger partial charge in [-0.15, -0.1) is 0 Å². The van der Waals surface area contributed by atoms with E-state index in [2.05, 4.69) is 26.1 Å². The Hall–Kier alpha value is -1.06. The van der Waals surface area contributed by atoms with Gasteiger partial charge in [0.05, 0.1) is 6.54 Å². The van der Waals surface area contributed by atoms with E-state index in [9.17, 15) is 9.59 Å². The molecule has 3 aliphatic rings. The van der Waals surface area contributed by atoms with Crippen LogP contribution >= 0.6 is 0 Å². The summed E-state index contributed by atoms with van der Waals surface area (Å²) in [6, 6.07) is 0. The topological polar surface area (TPSA) is 72.2 Å². The summed E-state index contributed by atoms with van der Waals surface area (Å²) in [4.78, 5) is 22.7. The highest BCUT2D eigenvalue weighted by molar-refractivity contribution is 5.87. The van der Waals surface area contributed by atoms with E-state index in [1.807, 2.05) is 0 Å². The Morgan fingerprint density at radius 3 is 2.44 bits per heavy atom. The molecule has 0 aromatic rings. The van der Waals surface area contributed by atoms with Crippen LogP contribution in [-0.2, 0) is 9.59 Å². The Morgan fingerprint density at radius 2 is 1.89 bits per heavy atom. The van der Waals surface area contributed by atoms with Crippen LogP contribution < -0.4 is 11.1 Å². The van der Waals surface area contributed by atoms with Gasteiger partial charge in [0.25, 0.3) is 0 Å². The largest absolute Gasteiger partial charge is 0.368 e. The van der Waals surface area contributed by atoms with Gasteiger partial charge in [0.2, 0.25) is 11.8 Å². The van der Waals surface area contributed by atoms with Crippen LogP contribution in [0, 0.1) is 34.5 Å². The molecule has 4 heteroatoms. The molecule has 0 heterocycles. The van der Waals surface area contributed by atoms with Crippen molar-refractivity contribution >= 4 is 11.8 Å². The van der Waals surface area contributed by atoms with Gasteiger partial charge in [0.1, 0.15) is 0 Å². The molecule has 0 radical (unpaired) electrons. The lowest BCUT2D eigenvalue weighted by molar-refractivity contribution is -0.126. The van der Waals surface area contributed by atoms with E-state index >= 15 is 0 Å². The van der Waals surface area contributed by atoms with Gasteiger partial charge in [0.15, 0.2) is 0 Å². The van der Waals surface area contributed by atoms with Gasteiger partial charge < -0.3 is 11.1 Å². The molecule has 100 valence electrons. The first kappa shape index (κ1) is 12.0. The van der Waals surface area contributed by atoms with Gasteiger partial charge in [-0.25, -0.2) is 0 Å². The molecule has 0 spiro atoms. The first-order chi connectivity index (χ1) is 8.28. The average molecular weight is 250 g/mol. The molecule has 2 amide bonds. The van der Waals surface area contributed by atoms with Crippen LogP contribution in [-0.4, -0.2) is 18.4 Å². The Balaban J connectivity index is 1.63. The summed E-state index contributed by atoms with van der Waals surface area (Å²) >= 11 is 0. The summed E-state index contributed by atoms with van der Waals surface area (Å²) in [5, 5.41) is 2.66. The second-order valence-corrected chi connectivity index (χ2v) is 7.25. The van der Waals surface area contributed by atoms with Crippen LogP contribution in [0.5, 0.6) is 0 Å². The molecule has 0 aliphatic heterocycles. The summed E-state index contributed by atoms with van der Waals surface area (Å²) in [5.41, 5.74) is 5.72. The lowest BCUT2D eigenvalue weighted by Crippen LogP contribution is -2.35. The molecule has 3 unspecified atom stereocenters. The van der Waals surface area contributed by atoms with Gasteiger partial charge in [-0.05, 0) is 41.4 Å². The molecule has 3 aliphatic carbocycles. The number of carbonyl (C=O) groups excluding carboxylic acids is 2. The minimum absolute atomic E-state index is 0.0282. The van der Waals surface area contributed by atoms with Gasteiger partial charge >= 0.3 is 0 Å². The molecule has 3 fully saturated rings. The molecule has 0 aromatic carbocycles. The van der Waals surface area contributed by atoms with E-state index in [0.29, 0.717) is 11.3 Å². The monoisotopic (exact) mass is 250 g/mol. The third kappa shape index (κ3) is 1.44. The predicted octanol–water partition coefficient (Wildman–Crippen LogP) is 0.906. The predicted molar refractivity (Wildman–Crippen MR) is 67.3 cm³/mol. The molecule has 5 atom stereocenters. The zero-order valence-electron chi connectivity index (χ0n) is 11.3. The van der Waals surface area contributed by atoms with Crippen molar-refractivity contribution < 1.29 is 9.59 Å². The van der Waals surface area contributed by atoms with Crippen LogP contribution in [0.4, 0.5) is 0 Å². The highest BCUT2D eigenvalue weighted by Gasteiger charge is 2.75. The number of carbonyl (C=O) groups is 2. The van der Waals surface area contributed by atoms with Gasteiger partial charge in [-0.2, -0.15) is 0 Å². The molecule has 4 nitrogen and oxygen atoms in total. The van der Waals surface area contributed by atoms with Crippen molar-refractivity contribution in [3.63, 3.8) is 0 Å². The van der Waals surface area contributed by atoms with Crippen molar-refractivity contribution in [2.45, 2.75) is 33.6 Å². The number of fused-ring (bicyclic) bond motifs is 2. The summed E-state index contributed by atoms with van der Waals surface area (Å²) in [7, 11) is 0. The Kier molecular flexibility index (Phi) is 2.19. The third-order valence-electron chi connectivity index (χ3n) is 6.03. The Bertz CT molecular complexity index is 432. The quantitative estimate of drug-likeness (QED) is 0.781. The summed E-state index contributed by atoms with van der Waals surface area (Å²) in [5.74, 6) is 1.80.